The lowest BCUT2D eigenvalue weighted by Crippen LogP contribution is -2.12. The highest BCUT2D eigenvalue weighted by atomic mass is 35.5. The number of benzene rings is 2. The first-order valence-corrected chi connectivity index (χ1v) is 7.04. The first kappa shape index (κ1) is 15.5. The molecule has 0 aliphatic heterocycles. The average Bonchev–Trinajstić information content (AvgIpc) is 2.37. The Kier molecular flexibility index (Phi) is 4.94. The topological polar surface area (TPSA) is 64.3 Å². The number of hydrogen-bond donors (Lipinski definition) is 2. The molecular formula is C15H14Cl2N2O2. The normalized spacial score (nSPS) is 10.2. The van der Waals surface area contributed by atoms with Gasteiger partial charge in [0.2, 0.25) is 0 Å². The number of carbonyl (C=O) groups excluding carboxylic acids is 1. The van der Waals surface area contributed by atoms with Crippen LogP contribution >= 0.6 is 23.2 Å². The van der Waals surface area contributed by atoms with Crippen molar-refractivity contribution in [3.05, 3.63) is 52.0 Å². The molecule has 0 fully saturated rings. The van der Waals surface area contributed by atoms with Gasteiger partial charge in [-0.25, -0.2) is 0 Å². The van der Waals surface area contributed by atoms with Gasteiger partial charge in [0.25, 0.3) is 5.91 Å². The predicted molar refractivity (Wildman–Crippen MR) is 86.4 cm³/mol. The van der Waals surface area contributed by atoms with E-state index in [4.69, 9.17) is 33.7 Å². The van der Waals surface area contributed by atoms with Crippen molar-refractivity contribution >= 4 is 40.5 Å². The highest BCUT2D eigenvalue weighted by molar-refractivity contribution is 6.35. The number of halogens is 2. The third kappa shape index (κ3) is 4.28. The van der Waals surface area contributed by atoms with E-state index in [1.807, 2.05) is 6.92 Å². The van der Waals surface area contributed by atoms with E-state index in [9.17, 15) is 4.79 Å². The molecule has 0 heterocycles. The van der Waals surface area contributed by atoms with Gasteiger partial charge in [0.05, 0.1) is 6.61 Å². The van der Waals surface area contributed by atoms with Crippen LogP contribution in [-0.2, 0) is 0 Å². The molecule has 110 valence electrons. The Morgan fingerprint density at radius 2 is 1.81 bits per heavy atom. The molecule has 0 unspecified atom stereocenters. The summed E-state index contributed by atoms with van der Waals surface area (Å²) >= 11 is 11.8. The fraction of sp³-hybridized carbons (Fsp3) is 0.133. The molecule has 0 aromatic heterocycles. The zero-order valence-corrected chi connectivity index (χ0v) is 12.8. The number of rotatable bonds is 4. The van der Waals surface area contributed by atoms with E-state index in [1.54, 1.807) is 36.4 Å². The minimum absolute atomic E-state index is 0.318. The summed E-state index contributed by atoms with van der Waals surface area (Å²) in [5.41, 5.74) is 7.13. The van der Waals surface area contributed by atoms with Crippen LogP contribution in [0.1, 0.15) is 17.3 Å². The van der Waals surface area contributed by atoms with Crippen molar-refractivity contribution in [2.24, 2.45) is 0 Å². The molecule has 3 N–H and O–H groups in total. The van der Waals surface area contributed by atoms with E-state index in [2.05, 4.69) is 5.32 Å². The molecule has 0 radical (unpaired) electrons. The minimum Gasteiger partial charge on any atom is -0.494 e. The van der Waals surface area contributed by atoms with E-state index in [1.165, 1.54) is 0 Å². The summed E-state index contributed by atoms with van der Waals surface area (Å²) in [6.45, 7) is 2.35. The Morgan fingerprint density at radius 3 is 2.43 bits per heavy atom. The van der Waals surface area contributed by atoms with Gasteiger partial charge in [-0.2, -0.15) is 0 Å². The molecular weight excluding hydrogens is 311 g/mol. The number of nitrogens with one attached hydrogen (secondary N) is 1. The van der Waals surface area contributed by atoms with Gasteiger partial charge in [0, 0.05) is 33.0 Å². The third-order valence-electron chi connectivity index (χ3n) is 2.62. The maximum Gasteiger partial charge on any atom is 0.255 e. The van der Waals surface area contributed by atoms with Crippen molar-refractivity contribution in [3.8, 4) is 5.75 Å². The summed E-state index contributed by atoms with van der Waals surface area (Å²) in [4.78, 5) is 12.2. The summed E-state index contributed by atoms with van der Waals surface area (Å²) in [5.74, 6) is 0.230. The number of hydrogen-bond acceptors (Lipinski definition) is 3. The molecule has 0 bridgehead atoms. The van der Waals surface area contributed by atoms with Crippen molar-refractivity contribution in [1.82, 2.24) is 0 Å². The second-order valence-electron chi connectivity index (χ2n) is 4.34. The summed E-state index contributed by atoms with van der Waals surface area (Å²) in [6.07, 6.45) is 0. The maximum atomic E-state index is 12.2. The van der Waals surface area contributed by atoms with Crippen LogP contribution in [0.2, 0.25) is 10.0 Å². The van der Waals surface area contributed by atoms with Crippen LogP contribution in [0.3, 0.4) is 0 Å². The molecule has 2 rings (SSSR count). The van der Waals surface area contributed by atoms with Crippen molar-refractivity contribution in [2.75, 3.05) is 17.7 Å². The smallest absolute Gasteiger partial charge is 0.255 e. The molecule has 0 atom stereocenters. The quantitative estimate of drug-likeness (QED) is 0.827. The first-order chi connectivity index (χ1) is 9.97. The molecule has 21 heavy (non-hydrogen) atoms. The van der Waals surface area contributed by atoms with Gasteiger partial charge in [0.15, 0.2) is 0 Å². The van der Waals surface area contributed by atoms with E-state index in [0.29, 0.717) is 39.3 Å². The van der Waals surface area contributed by atoms with Gasteiger partial charge in [-0.05, 0) is 37.3 Å². The Balaban J connectivity index is 2.23. The van der Waals surface area contributed by atoms with E-state index < -0.39 is 0 Å². The Labute approximate surface area is 132 Å². The molecule has 0 saturated carbocycles. The molecule has 2 aromatic rings. The zero-order valence-electron chi connectivity index (χ0n) is 11.3. The predicted octanol–water partition coefficient (Wildman–Crippen LogP) is 4.23. The van der Waals surface area contributed by atoms with Gasteiger partial charge < -0.3 is 15.8 Å². The van der Waals surface area contributed by atoms with Crippen LogP contribution in [0.25, 0.3) is 0 Å². The van der Waals surface area contributed by atoms with Crippen LogP contribution in [0, 0.1) is 0 Å². The lowest BCUT2D eigenvalue weighted by Gasteiger charge is -2.09. The lowest BCUT2D eigenvalue weighted by molar-refractivity contribution is 0.102. The Morgan fingerprint density at radius 1 is 1.14 bits per heavy atom. The molecule has 1 amide bonds. The average molecular weight is 325 g/mol. The highest BCUT2D eigenvalue weighted by Gasteiger charge is 2.10. The van der Waals surface area contributed by atoms with Crippen molar-refractivity contribution in [3.63, 3.8) is 0 Å². The minimum atomic E-state index is -0.318. The third-order valence-corrected chi connectivity index (χ3v) is 3.06. The zero-order chi connectivity index (χ0) is 15.4. The summed E-state index contributed by atoms with van der Waals surface area (Å²) < 4.78 is 5.36. The van der Waals surface area contributed by atoms with Gasteiger partial charge >= 0.3 is 0 Å². The van der Waals surface area contributed by atoms with E-state index >= 15 is 0 Å². The number of anilines is 2. The molecule has 6 heteroatoms. The first-order valence-electron chi connectivity index (χ1n) is 6.28. The fourth-order valence-corrected chi connectivity index (χ4v) is 2.36. The second-order valence-corrected chi connectivity index (χ2v) is 5.21. The van der Waals surface area contributed by atoms with E-state index in [0.717, 1.165) is 0 Å². The monoisotopic (exact) mass is 324 g/mol. The largest absolute Gasteiger partial charge is 0.494 e. The van der Waals surface area contributed by atoms with Crippen molar-refractivity contribution < 1.29 is 9.53 Å². The van der Waals surface area contributed by atoms with Crippen LogP contribution in [-0.4, -0.2) is 12.5 Å². The second kappa shape index (κ2) is 6.70. The molecule has 0 spiro atoms. The molecule has 0 saturated heterocycles. The summed E-state index contributed by atoms with van der Waals surface area (Å²) in [7, 11) is 0. The summed E-state index contributed by atoms with van der Waals surface area (Å²) in [5, 5.41) is 3.61. The van der Waals surface area contributed by atoms with E-state index in [-0.39, 0.29) is 5.91 Å². The number of carbonyl (C=O) groups is 1. The van der Waals surface area contributed by atoms with Gasteiger partial charge in [0.1, 0.15) is 5.75 Å². The summed E-state index contributed by atoms with van der Waals surface area (Å²) in [6, 6.07) is 9.68. The van der Waals surface area contributed by atoms with Crippen LogP contribution in [0.15, 0.2) is 36.4 Å². The van der Waals surface area contributed by atoms with Crippen LogP contribution < -0.4 is 15.8 Å². The van der Waals surface area contributed by atoms with Gasteiger partial charge in [-0.15, -0.1) is 0 Å². The van der Waals surface area contributed by atoms with Gasteiger partial charge in [-0.3, -0.25) is 4.79 Å². The van der Waals surface area contributed by atoms with Crippen LogP contribution in [0.5, 0.6) is 5.75 Å². The Bertz CT molecular complexity index is 654. The molecule has 2 aromatic carbocycles. The van der Waals surface area contributed by atoms with Crippen LogP contribution in [0.4, 0.5) is 11.4 Å². The van der Waals surface area contributed by atoms with Crippen molar-refractivity contribution in [1.29, 1.82) is 0 Å². The molecule has 4 nitrogen and oxygen atoms in total. The SMILES string of the molecule is CCOc1cc(N)cc(C(=O)Nc2cc(Cl)cc(Cl)c2)c1. The number of nitrogen functional groups attached to an aromatic ring is 1. The number of ether oxygens (including phenoxy) is 1. The lowest BCUT2D eigenvalue weighted by atomic mass is 10.1. The molecule has 0 aliphatic rings. The Hall–Kier alpha value is -1.91. The highest BCUT2D eigenvalue weighted by Crippen LogP contribution is 2.24. The standard InChI is InChI=1S/C15H14Cl2N2O2/c1-2-21-14-4-9(3-12(18)8-14)15(20)19-13-6-10(16)5-11(17)7-13/h3-8H,2,18H2,1H3,(H,19,20). The number of amides is 1. The fourth-order valence-electron chi connectivity index (χ4n) is 1.83. The van der Waals surface area contributed by atoms with Gasteiger partial charge in [-0.1, -0.05) is 23.2 Å². The number of nitrogens with two attached hydrogens (primary N) is 1. The maximum absolute atomic E-state index is 12.2. The van der Waals surface area contributed by atoms with Crippen molar-refractivity contribution in [2.45, 2.75) is 6.92 Å². The molecule has 0 aliphatic carbocycles.